The minimum atomic E-state index is 0.124. The highest BCUT2D eigenvalue weighted by Gasteiger charge is 2.17. The number of hydrogen-bond acceptors (Lipinski definition) is 4. The molecule has 1 aromatic heterocycles. The van der Waals surface area contributed by atoms with Gasteiger partial charge in [-0.15, -0.1) is 0 Å². The molecule has 1 fully saturated rings. The highest BCUT2D eigenvalue weighted by atomic mass is 16.5. The molecule has 1 heterocycles. The molecule has 1 N–H and O–H groups in total. The van der Waals surface area contributed by atoms with Crippen molar-refractivity contribution in [2.75, 3.05) is 0 Å². The first-order valence-electron chi connectivity index (χ1n) is 10.1. The van der Waals surface area contributed by atoms with Crippen LogP contribution in [-0.4, -0.2) is 22.1 Å². The third-order valence-corrected chi connectivity index (χ3v) is 5.24. The summed E-state index contributed by atoms with van der Waals surface area (Å²) in [5, 5.41) is 7.23. The van der Waals surface area contributed by atoms with Crippen LogP contribution in [0.5, 0.6) is 0 Å². The van der Waals surface area contributed by atoms with Crippen molar-refractivity contribution in [3.63, 3.8) is 0 Å². The molecule has 0 radical (unpaired) electrons. The standard InChI is InChI=1S/C22H31N3O2/c1-22(2,3)17-14-12-16(13-15-17)21-24-20(27-25-21)11-7-10-19(26)23-18-8-5-4-6-9-18/h12-15,18H,4-11H2,1-3H3,(H,23,26). The molecule has 0 saturated heterocycles. The van der Waals surface area contributed by atoms with Gasteiger partial charge in [-0.05, 0) is 30.2 Å². The van der Waals surface area contributed by atoms with Gasteiger partial charge in [0.1, 0.15) is 0 Å². The molecule has 0 aliphatic heterocycles. The zero-order valence-corrected chi connectivity index (χ0v) is 16.8. The van der Waals surface area contributed by atoms with E-state index in [0.717, 1.165) is 24.8 Å². The van der Waals surface area contributed by atoms with Crippen molar-refractivity contribution >= 4 is 5.91 Å². The van der Waals surface area contributed by atoms with E-state index in [4.69, 9.17) is 4.52 Å². The first-order valence-corrected chi connectivity index (χ1v) is 10.1. The van der Waals surface area contributed by atoms with Crippen LogP contribution in [0.15, 0.2) is 28.8 Å². The molecule has 0 atom stereocenters. The van der Waals surface area contributed by atoms with Gasteiger partial charge in [-0.2, -0.15) is 4.98 Å². The number of nitrogens with zero attached hydrogens (tertiary/aromatic N) is 2. The molecule has 27 heavy (non-hydrogen) atoms. The quantitative estimate of drug-likeness (QED) is 0.794. The second kappa shape index (κ2) is 8.68. The number of nitrogens with one attached hydrogen (secondary N) is 1. The smallest absolute Gasteiger partial charge is 0.226 e. The average molecular weight is 370 g/mol. The van der Waals surface area contributed by atoms with Gasteiger partial charge in [0.15, 0.2) is 0 Å². The summed E-state index contributed by atoms with van der Waals surface area (Å²) in [7, 11) is 0. The van der Waals surface area contributed by atoms with Crippen molar-refractivity contribution in [3.8, 4) is 11.4 Å². The third-order valence-electron chi connectivity index (χ3n) is 5.24. The Morgan fingerprint density at radius 1 is 1.15 bits per heavy atom. The minimum Gasteiger partial charge on any atom is -0.353 e. The van der Waals surface area contributed by atoms with Crippen LogP contribution < -0.4 is 5.32 Å². The molecule has 146 valence electrons. The van der Waals surface area contributed by atoms with E-state index in [-0.39, 0.29) is 11.3 Å². The van der Waals surface area contributed by atoms with Crippen LogP contribution in [0, 0.1) is 0 Å². The highest BCUT2D eigenvalue weighted by Crippen LogP contribution is 2.25. The first-order chi connectivity index (χ1) is 12.9. The lowest BCUT2D eigenvalue weighted by atomic mass is 9.87. The molecule has 0 bridgehead atoms. The third kappa shape index (κ3) is 5.65. The van der Waals surface area contributed by atoms with Crippen LogP contribution in [0.25, 0.3) is 11.4 Å². The van der Waals surface area contributed by atoms with Gasteiger partial charge in [-0.1, -0.05) is 69.5 Å². The zero-order valence-electron chi connectivity index (χ0n) is 16.8. The number of hydrogen-bond donors (Lipinski definition) is 1. The Labute approximate surface area is 161 Å². The summed E-state index contributed by atoms with van der Waals surface area (Å²) in [4.78, 5) is 16.5. The Morgan fingerprint density at radius 2 is 1.85 bits per heavy atom. The lowest BCUT2D eigenvalue weighted by molar-refractivity contribution is -0.122. The molecule has 1 amide bonds. The molecule has 0 spiro atoms. The normalized spacial score (nSPS) is 15.7. The van der Waals surface area contributed by atoms with Crippen LogP contribution in [0.3, 0.4) is 0 Å². The number of rotatable bonds is 6. The lowest BCUT2D eigenvalue weighted by Gasteiger charge is -2.22. The van der Waals surface area contributed by atoms with Crippen molar-refractivity contribution < 1.29 is 9.32 Å². The van der Waals surface area contributed by atoms with E-state index in [1.165, 1.54) is 24.8 Å². The fourth-order valence-corrected chi connectivity index (χ4v) is 3.54. The van der Waals surface area contributed by atoms with Crippen molar-refractivity contribution in [2.24, 2.45) is 0 Å². The average Bonchev–Trinajstić information content (AvgIpc) is 3.11. The predicted molar refractivity (Wildman–Crippen MR) is 106 cm³/mol. The minimum absolute atomic E-state index is 0.124. The Kier molecular flexibility index (Phi) is 6.30. The van der Waals surface area contributed by atoms with Crippen molar-refractivity contribution in [3.05, 3.63) is 35.7 Å². The molecular weight excluding hydrogens is 338 g/mol. The fraction of sp³-hybridized carbons (Fsp3) is 0.591. The molecular formula is C22H31N3O2. The summed E-state index contributed by atoms with van der Waals surface area (Å²) in [6.45, 7) is 6.58. The summed E-state index contributed by atoms with van der Waals surface area (Å²) in [6, 6.07) is 8.67. The lowest BCUT2D eigenvalue weighted by Crippen LogP contribution is -2.36. The van der Waals surface area contributed by atoms with Gasteiger partial charge in [-0.25, -0.2) is 0 Å². The Hall–Kier alpha value is -2.17. The van der Waals surface area contributed by atoms with Crippen molar-refractivity contribution in [2.45, 2.75) is 83.6 Å². The largest absolute Gasteiger partial charge is 0.353 e. The van der Waals surface area contributed by atoms with Gasteiger partial charge in [0, 0.05) is 24.4 Å². The fourth-order valence-electron chi connectivity index (χ4n) is 3.54. The highest BCUT2D eigenvalue weighted by molar-refractivity contribution is 5.76. The van der Waals surface area contributed by atoms with Crippen molar-refractivity contribution in [1.82, 2.24) is 15.5 Å². The molecule has 2 aromatic rings. The van der Waals surface area contributed by atoms with Crippen LogP contribution in [0.1, 0.15) is 77.2 Å². The van der Waals surface area contributed by atoms with Crippen molar-refractivity contribution in [1.29, 1.82) is 0 Å². The van der Waals surface area contributed by atoms with E-state index in [9.17, 15) is 4.79 Å². The number of carbonyl (C=O) groups is 1. The molecule has 0 unspecified atom stereocenters. The van der Waals surface area contributed by atoms with E-state index in [0.29, 0.717) is 30.6 Å². The second-order valence-electron chi connectivity index (χ2n) is 8.60. The number of benzene rings is 1. The van der Waals surface area contributed by atoms with Crippen LogP contribution >= 0.6 is 0 Å². The summed E-state index contributed by atoms with van der Waals surface area (Å²) in [6.07, 6.45) is 7.85. The maximum atomic E-state index is 12.1. The van der Waals surface area contributed by atoms with E-state index in [1.54, 1.807) is 0 Å². The molecule has 1 saturated carbocycles. The first kappa shape index (κ1) is 19.6. The van der Waals surface area contributed by atoms with E-state index >= 15 is 0 Å². The number of amides is 1. The van der Waals surface area contributed by atoms with E-state index in [2.05, 4.69) is 48.4 Å². The Morgan fingerprint density at radius 3 is 2.52 bits per heavy atom. The van der Waals surface area contributed by atoms with Crippen LogP contribution in [0.2, 0.25) is 0 Å². The summed E-state index contributed by atoms with van der Waals surface area (Å²) in [5.74, 6) is 1.34. The molecule has 5 heteroatoms. The van der Waals surface area contributed by atoms with Gasteiger partial charge in [0.25, 0.3) is 0 Å². The van der Waals surface area contributed by atoms with Crippen LogP contribution in [-0.2, 0) is 16.6 Å². The van der Waals surface area contributed by atoms with Gasteiger partial charge in [-0.3, -0.25) is 4.79 Å². The summed E-state index contributed by atoms with van der Waals surface area (Å²) < 4.78 is 5.36. The zero-order chi connectivity index (χ0) is 19.3. The number of aryl methyl sites for hydroxylation is 1. The maximum absolute atomic E-state index is 12.1. The molecule has 1 aromatic carbocycles. The number of carbonyl (C=O) groups excluding carboxylic acids is 1. The summed E-state index contributed by atoms with van der Waals surface area (Å²) >= 11 is 0. The second-order valence-corrected chi connectivity index (χ2v) is 8.60. The molecule has 1 aliphatic carbocycles. The summed E-state index contributed by atoms with van der Waals surface area (Å²) in [5.41, 5.74) is 2.35. The molecule has 1 aliphatic rings. The maximum Gasteiger partial charge on any atom is 0.226 e. The van der Waals surface area contributed by atoms with Gasteiger partial charge >= 0.3 is 0 Å². The topological polar surface area (TPSA) is 68.0 Å². The van der Waals surface area contributed by atoms with Gasteiger partial charge < -0.3 is 9.84 Å². The monoisotopic (exact) mass is 369 g/mol. The van der Waals surface area contributed by atoms with Crippen LogP contribution in [0.4, 0.5) is 0 Å². The Bertz CT molecular complexity index is 738. The van der Waals surface area contributed by atoms with E-state index < -0.39 is 0 Å². The van der Waals surface area contributed by atoms with Gasteiger partial charge in [0.2, 0.25) is 17.6 Å². The SMILES string of the molecule is CC(C)(C)c1ccc(-c2noc(CCCC(=O)NC3CCCCC3)n2)cc1. The predicted octanol–water partition coefficient (Wildman–Crippen LogP) is 4.81. The number of aromatic nitrogens is 2. The van der Waals surface area contributed by atoms with E-state index in [1.807, 2.05) is 12.1 Å². The molecule has 5 nitrogen and oxygen atoms in total. The van der Waals surface area contributed by atoms with Gasteiger partial charge in [0.05, 0.1) is 0 Å². The Balaban J connectivity index is 1.47. The molecule has 3 rings (SSSR count).